The molecular weight excluding hydrogens is 446 g/mol. The lowest BCUT2D eigenvalue weighted by Crippen LogP contribution is -2.45. The predicted octanol–water partition coefficient (Wildman–Crippen LogP) is 4.43. The van der Waals surface area contributed by atoms with Gasteiger partial charge in [0.05, 0.1) is 33.4 Å². The SMILES string of the molecule is Cc1cc(-c2[nH]c3cc(C(=O)N(C)C4CCN(CC#N)CC4)sc3c2C(C)C)cn2ncnc12. The van der Waals surface area contributed by atoms with Crippen LogP contribution in [-0.4, -0.2) is 68.0 Å². The molecule has 0 saturated carbocycles. The lowest BCUT2D eigenvalue weighted by molar-refractivity contribution is 0.0657. The predicted molar refractivity (Wildman–Crippen MR) is 134 cm³/mol. The van der Waals surface area contributed by atoms with Crippen molar-refractivity contribution in [2.75, 3.05) is 26.7 Å². The number of aromatic amines is 1. The quantitative estimate of drug-likeness (QED) is 0.431. The van der Waals surface area contributed by atoms with Crippen LogP contribution in [0.4, 0.5) is 0 Å². The number of rotatable bonds is 5. The molecule has 0 aromatic carbocycles. The van der Waals surface area contributed by atoms with E-state index >= 15 is 0 Å². The Morgan fingerprint density at radius 1 is 1.35 bits per heavy atom. The molecule has 0 spiro atoms. The molecule has 5 heterocycles. The molecule has 0 aliphatic carbocycles. The lowest BCUT2D eigenvalue weighted by atomic mass is 9.99. The molecule has 4 aromatic rings. The Kier molecular flexibility index (Phi) is 5.88. The molecule has 0 atom stereocenters. The number of aryl methyl sites for hydroxylation is 1. The van der Waals surface area contributed by atoms with Crippen LogP contribution in [0.2, 0.25) is 0 Å². The number of amides is 1. The molecule has 34 heavy (non-hydrogen) atoms. The zero-order valence-electron chi connectivity index (χ0n) is 20.0. The Bertz CT molecular complexity index is 1400. The van der Waals surface area contributed by atoms with Crippen LogP contribution in [0.25, 0.3) is 27.1 Å². The number of carbonyl (C=O) groups excluding carboxylic acids is 1. The summed E-state index contributed by atoms with van der Waals surface area (Å²) in [6, 6.07) is 6.57. The van der Waals surface area contributed by atoms with Crippen molar-refractivity contribution in [3.63, 3.8) is 0 Å². The van der Waals surface area contributed by atoms with Gasteiger partial charge >= 0.3 is 0 Å². The number of hydrogen-bond acceptors (Lipinski definition) is 6. The van der Waals surface area contributed by atoms with Crippen molar-refractivity contribution in [2.45, 2.75) is 45.6 Å². The van der Waals surface area contributed by atoms with Crippen LogP contribution < -0.4 is 0 Å². The first kappa shape index (κ1) is 22.6. The van der Waals surface area contributed by atoms with E-state index < -0.39 is 0 Å². The summed E-state index contributed by atoms with van der Waals surface area (Å²) in [6.07, 6.45) is 5.39. The number of nitrogens with one attached hydrogen (secondary N) is 1. The number of pyridine rings is 1. The second kappa shape index (κ2) is 8.85. The molecule has 0 unspecified atom stereocenters. The van der Waals surface area contributed by atoms with E-state index in [1.165, 1.54) is 5.56 Å². The van der Waals surface area contributed by atoms with Crippen molar-refractivity contribution >= 4 is 33.1 Å². The molecule has 0 bridgehead atoms. The van der Waals surface area contributed by atoms with Gasteiger partial charge in [-0.1, -0.05) is 13.8 Å². The van der Waals surface area contributed by atoms with E-state index in [1.54, 1.807) is 17.7 Å². The first-order valence-electron chi connectivity index (χ1n) is 11.7. The van der Waals surface area contributed by atoms with E-state index in [0.717, 1.165) is 63.5 Å². The third-order valence-electron chi connectivity index (χ3n) is 6.86. The van der Waals surface area contributed by atoms with E-state index in [4.69, 9.17) is 5.26 Å². The Labute approximate surface area is 202 Å². The van der Waals surface area contributed by atoms with Crippen LogP contribution in [0.3, 0.4) is 0 Å². The van der Waals surface area contributed by atoms with Crippen LogP contribution in [0.5, 0.6) is 0 Å². The normalized spacial score (nSPS) is 15.4. The average Bonchev–Trinajstić information content (AvgIpc) is 3.53. The van der Waals surface area contributed by atoms with E-state index in [2.05, 4.69) is 45.9 Å². The highest BCUT2D eigenvalue weighted by Crippen LogP contribution is 2.40. The van der Waals surface area contributed by atoms with Gasteiger partial charge in [0, 0.05) is 37.9 Å². The van der Waals surface area contributed by atoms with Crippen LogP contribution in [0.15, 0.2) is 24.7 Å². The summed E-state index contributed by atoms with van der Waals surface area (Å²) < 4.78 is 2.96. The maximum absolute atomic E-state index is 13.4. The fraction of sp³-hybridized carbons (Fsp3) is 0.440. The van der Waals surface area contributed by atoms with Crippen molar-refractivity contribution < 1.29 is 4.79 Å². The molecule has 5 rings (SSSR count). The Morgan fingerprint density at radius 3 is 2.82 bits per heavy atom. The minimum atomic E-state index is 0.0736. The van der Waals surface area contributed by atoms with Crippen molar-refractivity contribution in [2.24, 2.45) is 0 Å². The van der Waals surface area contributed by atoms with E-state index in [0.29, 0.717) is 12.5 Å². The Morgan fingerprint density at radius 2 is 2.12 bits per heavy atom. The number of fused-ring (bicyclic) bond motifs is 2. The fourth-order valence-corrected chi connectivity index (χ4v) is 6.31. The number of carbonyl (C=O) groups is 1. The van der Waals surface area contributed by atoms with Crippen LogP contribution >= 0.6 is 11.3 Å². The monoisotopic (exact) mass is 475 g/mol. The van der Waals surface area contributed by atoms with Gasteiger partial charge in [0.1, 0.15) is 6.33 Å². The molecule has 1 amide bonds. The number of aromatic nitrogens is 4. The topological polar surface area (TPSA) is 93.3 Å². The second-order valence-electron chi connectivity index (χ2n) is 9.44. The smallest absolute Gasteiger partial charge is 0.264 e. The molecule has 9 heteroatoms. The first-order valence-corrected chi connectivity index (χ1v) is 12.5. The van der Waals surface area contributed by atoms with Gasteiger partial charge in [0.15, 0.2) is 5.65 Å². The summed E-state index contributed by atoms with van der Waals surface area (Å²) in [5, 5.41) is 13.2. The van der Waals surface area contributed by atoms with Crippen molar-refractivity contribution in [1.82, 2.24) is 29.4 Å². The van der Waals surface area contributed by atoms with Gasteiger partial charge in [0.2, 0.25) is 0 Å². The summed E-state index contributed by atoms with van der Waals surface area (Å²) in [5.74, 6) is 0.365. The highest BCUT2D eigenvalue weighted by atomic mass is 32.1. The molecule has 176 valence electrons. The Balaban J connectivity index is 1.45. The highest BCUT2D eigenvalue weighted by Gasteiger charge is 2.28. The van der Waals surface area contributed by atoms with Gasteiger partial charge in [-0.05, 0) is 48.9 Å². The zero-order chi connectivity index (χ0) is 24.0. The molecule has 1 N–H and O–H groups in total. The molecule has 1 fully saturated rings. The van der Waals surface area contributed by atoms with Gasteiger partial charge in [-0.25, -0.2) is 9.50 Å². The second-order valence-corrected chi connectivity index (χ2v) is 10.5. The number of thiophene rings is 1. The number of likely N-dealkylation sites (tertiary alicyclic amines) is 1. The van der Waals surface area contributed by atoms with E-state index in [1.807, 2.05) is 35.6 Å². The molecule has 0 radical (unpaired) electrons. The summed E-state index contributed by atoms with van der Waals surface area (Å²) in [4.78, 5) is 26.1. The van der Waals surface area contributed by atoms with Crippen molar-refractivity contribution in [3.8, 4) is 17.3 Å². The maximum Gasteiger partial charge on any atom is 0.264 e. The molecule has 8 nitrogen and oxygen atoms in total. The third-order valence-corrected chi connectivity index (χ3v) is 8.02. The molecule has 4 aromatic heterocycles. The van der Waals surface area contributed by atoms with E-state index in [9.17, 15) is 4.79 Å². The molecule has 1 saturated heterocycles. The van der Waals surface area contributed by atoms with Crippen LogP contribution in [-0.2, 0) is 0 Å². The lowest BCUT2D eigenvalue weighted by Gasteiger charge is -2.35. The van der Waals surface area contributed by atoms with Crippen molar-refractivity contribution in [1.29, 1.82) is 5.26 Å². The molecular formula is C25H29N7OS. The van der Waals surface area contributed by atoms with Crippen LogP contribution in [0, 0.1) is 18.3 Å². The van der Waals surface area contributed by atoms with Crippen molar-refractivity contribution in [3.05, 3.63) is 40.7 Å². The number of nitriles is 1. The van der Waals surface area contributed by atoms with Gasteiger partial charge in [0.25, 0.3) is 5.91 Å². The maximum atomic E-state index is 13.4. The van der Waals surface area contributed by atoms with Gasteiger partial charge < -0.3 is 9.88 Å². The average molecular weight is 476 g/mol. The number of H-pyrrole nitrogens is 1. The first-order chi connectivity index (χ1) is 16.4. The minimum absolute atomic E-state index is 0.0736. The Hall–Kier alpha value is -3.22. The van der Waals surface area contributed by atoms with Gasteiger partial charge in [-0.15, -0.1) is 11.3 Å². The third kappa shape index (κ3) is 3.87. The standard InChI is InChI=1S/C25H29N7OS/c1-15(2)21-22(17-11-16(3)24-27-14-28-32(24)13-17)29-19-12-20(34-23(19)21)25(33)30(4)18-5-8-31(9-6-18)10-7-26/h11-15,18,29H,5-6,8-10H2,1-4H3. The summed E-state index contributed by atoms with van der Waals surface area (Å²) in [7, 11) is 1.91. The van der Waals surface area contributed by atoms with E-state index in [-0.39, 0.29) is 11.9 Å². The molecule has 1 aliphatic heterocycles. The number of nitrogens with zero attached hydrogens (tertiary/aromatic N) is 6. The summed E-state index contributed by atoms with van der Waals surface area (Å²) in [5.41, 5.74) is 6.30. The van der Waals surface area contributed by atoms with Gasteiger partial charge in [-0.2, -0.15) is 10.4 Å². The van der Waals surface area contributed by atoms with Gasteiger partial charge in [-0.3, -0.25) is 9.69 Å². The zero-order valence-corrected chi connectivity index (χ0v) is 20.8. The summed E-state index contributed by atoms with van der Waals surface area (Å²) >= 11 is 1.58. The molecule has 1 aliphatic rings. The summed E-state index contributed by atoms with van der Waals surface area (Å²) in [6.45, 7) is 8.61. The number of piperidine rings is 1. The minimum Gasteiger partial charge on any atom is -0.354 e. The highest BCUT2D eigenvalue weighted by molar-refractivity contribution is 7.21. The largest absolute Gasteiger partial charge is 0.354 e. The fourth-order valence-electron chi connectivity index (χ4n) is 5.02. The van der Waals surface area contributed by atoms with Crippen LogP contribution in [0.1, 0.15) is 53.4 Å². The number of hydrogen-bond donors (Lipinski definition) is 1.